The lowest BCUT2D eigenvalue weighted by atomic mass is 9.80. The predicted octanol–water partition coefficient (Wildman–Crippen LogP) is 12.8. The number of aliphatic carboxylic acids is 1. The average molecular weight is 523 g/mol. The van der Waals surface area contributed by atoms with Gasteiger partial charge in [0.15, 0.2) is 0 Å². The summed E-state index contributed by atoms with van der Waals surface area (Å²) in [7, 11) is 0. The van der Waals surface area contributed by atoms with Gasteiger partial charge in [-0.1, -0.05) is 194 Å². The Kier molecular flexibility index (Phi) is 28.1. The third kappa shape index (κ3) is 25.5. The zero-order valence-electron chi connectivity index (χ0n) is 26.1. The normalized spacial score (nSPS) is 13.2. The second-order valence-electron chi connectivity index (χ2n) is 12.6. The summed E-state index contributed by atoms with van der Waals surface area (Å²) in [5.74, 6) is -0.573. The van der Waals surface area contributed by atoms with Crippen LogP contribution in [-0.2, 0) is 4.79 Å². The molecule has 222 valence electrons. The lowest BCUT2D eigenvalue weighted by Gasteiger charge is -2.24. The van der Waals surface area contributed by atoms with Crippen LogP contribution in [-0.4, -0.2) is 11.1 Å². The number of carboxylic acid groups (broad SMARTS) is 1. The van der Waals surface area contributed by atoms with E-state index in [9.17, 15) is 9.90 Å². The van der Waals surface area contributed by atoms with Gasteiger partial charge in [-0.3, -0.25) is 4.79 Å². The highest BCUT2D eigenvalue weighted by Gasteiger charge is 2.31. The van der Waals surface area contributed by atoms with Gasteiger partial charge in [0.1, 0.15) is 0 Å². The maximum Gasteiger partial charge on any atom is 0.309 e. The van der Waals surface area contributed by atoms with Crippen molar-refractivity contribution in [1.82, 2.24) is 0 Å². The van der Waals surface area contributed by atoms with E-state index in [1.807, 2.05) is 6.92 Å². The summed E-state index contributed by atoms with van der Waals surface area (Å²) in [4.78, 5) is 11.9. The molecule has 0 aliphatic rings. The van der Waals surface area contributed by atoms with Gasteiger partial charge >= 0.3 is 5.97 Å². The first kappa shape index (κ1) is 36.5. The first-order valence-electron chi connectivity index (χ1n) is 17.3. The summed E-state index contributed by atoms with van der Waals surface area (Å²) >= 11 is 0. The smallest absolute Gasteiger partial charge is 0.309 e. The molecular formula is C35H70O2. The molecule has 0 heterocycles. The van der Waals surface area contributed by atoms with E-state index in [0.29, 0.717) is 0 Å². The van der Waals surface area contributed by atoms with E-state index in [1.54, 1.807) is 0 Å². The lowest BCUT2D eigenvalue weighted by molar-refractivity contribution is -0.149. The van der Waals surface area contributed by atoms with E-state index in [1.165, 1.54) is 167 Å². The van der Waals surface area contributed by atoms with Gasteiger partial charge in [-0.2, -0.15) is 0 Å². The van der Waals surface area contributed by atoms with E-state index in [-0.39, 0.29) is 0 Å². The van der Waals surface area contributed by atoms with Crippen LogP contribution in [0, 0.1) is 5.41 Å². The molecule has 0 saturated heterocycles. The van der Waals surface area contributed by atoms with Crippen LogP contribution < -0.4 is 0 Å². The largest absolute Gasteiger partial charge is 0.481 e. The molecule has 0 spiro atoms. The highest BCUT2D eigenvalue weighted by atomic mass is 16.4. The number of rotatable bonds is 31. The second-order valence-corrected chi connectivity index (χ2v) is 12.6. The molecule has 0 saturated carbocycles. The minimum Gasteiger partial charge on any atom is -0.481 e. The number of unbranched alkanes of at least 4 members (excludes halogenated alkanes) is 26. The van der Waals surface area contributed by atoms with Gasteiger partial charge in [0, 0.05) is 0 Å². The average Bonchev–Trinajstić information content (AvgIpc) is 2.89. The van der Waals surface area contributed by atoms with Crippen LogP contribution >= 0.6 is 0 Å². The molecule has 2 heteroatoms. The molecule has 1 N–H and O–H groups in total. The third-order valence-corrected chi connectivity index (χ3v) is 8.68. The fraction of sp³-hybridized carbons (Fsp3) is 0.971. The van der Waals surface area contributed by atoms with Crippen molar-refractivity contribution in [1.29, 1.82) is 0 Å². The molecule has 1 unspecified atom stereocenters. The summed E-state index contributed by atoms with van der Waals surface area (Å²) in [6, 6.07) is 0. The van der Waals surface area contributed by atoms with Gasteiger partial charge < -0.3 is 5.11 Å². The molecule has 0 aliphatic carbocycles. The molecular weight excluding hydrogens is 452 g/mol. The Labute approximate surface area is 234 Å². The van der Waals surface area contributed by atoms with E-state index in [2.05, 4.69) is 13.8 Å². The molecule has 37 heavy (non-hydrogen) atoms. The van der Waals surface area contributed by atoms with Gasteiger partial charge in [-0.25, -0.2) is 0 Å². The van der Waals surface area contributed by atoms with Crippen LogP contribution in [0.15, 0.2) is 0 Å². The second kappa shape index (κ2) is 28.5. The van der Waals surface area contributed by atoms with Crippen LogP contribution in [0.1, 0.15) is 213 Å². The van der Waals surface area contributed by atoms with Crippen LogP contribution in [0.5, 0.6) is 0 Å². The summed E-state index contributed by atoms with van der Waals surface area (Å²) < 4.78 is 0. The number of carbonyl (C=O) groups is 1. The van der Waals surface area contributed by atoms with Gasteiger partial charge in [0.05, 0.1) is 5.41 Å². The van der Waals surface area contributed by atoms with Gasteiger partial charge in [0.25, 0.3) is 0 Å². The summed E-state index contributed by atoms with van der Waals surface area (Å²) in [6.45, 7) is 6.57. The molecule has 2 nitrogen and oxygen atoms in total. The van der Waals surface area contributed by atoms with Gasteiger partial charge in [0.2, 0.25) is 0 Å². The number of carboxylic acids is 1. The minimum atomic E-state index is -0.573. The van der Waals surface area contributed by atoms with Crippen molar-refractivity contribution in [2.75, 3.05) is 0 Å². The van der Waals surface area contributed by atoms with Crippen LogP contribution in [0.4, 0.5) is 0 Å². The van der Waals surface area contributed by atoms with Crippen molar-refractivity contribution in [3.63, 3.8) is 0 Å². The Morgan fingerprint density at radius 3 is 0.784 bits per heavy atom. The number of hydrogen-bond donors (Lipinski definition) is 1. The standard InChI is InChI=1S/C35H70O2/c1-4-6-8-10-12-14-16-18-19-20-21-23-25-27-29-31-33-35(3,34(36)37)32-30-28-26-24-22-17-15-13-11-9-7-5-2/h4-33H2,1-3H3,(H,36,37). The fourth-order valence-corrected chi connectivity index (χ4v) is 5.76. The molecule has 1 atom stereocenters. The number of hydrogen-bond acceptors (Lipinski definition) is 1. The molecule has 0 rings (SSSR count). The Bertz CT molecular complexity index is 460. The van der Waals surface area contributed by atoms with Crippen molar-refractivity contribution < 1.29 is 9.90 Å². The summed E-state index contributed by atoms with van der Waals surface area (Å²) in [5.41, 5.74) is -0.505. The SMILES string of the molecule is CCCCCCCCCCCCCCCCCCC(C)(CCCCCCCCCCCCCC)C(=O)O. The molecule has 0 bridgehead atoms. The van der Waals surface area contributed by atoms with Crippen molar-refractivity contribution in [2.45, 2.75) is 213 Å². The zero-order chi connectivity index (χ0) is 27.3. The van der Waals surface area contributed by atoms with Crippen molar-refractivity contribution in [2.24, 2.45) is 5.41 Å². The third-order valence-electron chi connectivity index (χ3n) is 8.68. The first-order chi connectivity index (χ1) is 18.1. The summed E-state index contributed by atoms with van der Waals surface area (Å²) in [6.07, 6.45) is 39.6. The van der Waals surface area contributed by atoms with Crippen molar-refractivity contribution in [3.8, 4) is 0 Å². The minimum absolute atomic E-state index is 0.505. The topological polar surface area (TPSA) is 37.3 Å². The van der Waals surface area contributed by atoms with Crippen LogP contribution in [0.25, 0.3) is 0 Å². The maximum absolute atomic E-state index is 11.9. The molecule has 0 amide bonds. The van der Waals surface area contributed by atoms with Crippen molar-refractivity contribution >= 4 is 5.97 Å². The van der Waals surface area contributed by atoms with Gasteiger partial charge in [-0.15, -0.1) is 0 Å². The van der Waals surface area contributed by atoms with Gasteiger partial charge in [-0.05, 0) is 19.8 Å². The highest BCUT2D eigenvalue weighted by Crippen LogP contribution is 2.32. The molecule has 0 aromatic carbocycles. The Hall–Kier alpha value is -0.530. The quantitative estimate of drug-likeness (QED) is 0.0919. The first-order valence-corrected chi connectivity index (χ1v) is 17.3. The Morgan fingerprint density at radius 1 is 0.405 bits per heavy atom. The molecule has 0 radical (unpaired) electrons. The summed E-state index contributed by atoms with van der Waals surface area (Å²) in [5, 5.41) is 9.84. The molecule has 0 fully saturated rings. The molecule has 0 aliphatic heterocycles. The van der Waals surface area contributed by atoms with Crippen LogP contribution in [0.3, 0.4) is 0 Å². The molecule has 0 aromatic heterocycles. The van der Waals surface area contributed by atoms with Crippen molar-refractivity contribution in [3.05, 3.63) is 0 Å². The Balaban J connectivity index is 3.54. The molecule has 0 aromatic rings. The Morgan fingerprint density at radius 2 is 0.595 bits per heavy atom. The monoisotopic (exact) mass is 523 g/mol. The predicted molar refractivity (Wildman–Crippen MR) is 166 cm³/mol. The van der Waals surface area contributed by atoms with E-state index >= 15 is 0 Å². The maximum atomic E-state index is 11.9. The van der Waals surface area contributed by atoms with E-state index in [0.717, 1.165) is 25.7 Å². The lowest BCUT2D eigenvalue weighted by Crippen LogP contribution is -2.27. The van der Waals surface area contributed by atoms with E-state index in [4.69, 9.17) is 0 Å². The fourth-order valence-electron chi connectivity index (χ4n) is 5.76. The van der Waals surface area contributed by atoms with Crippen LogP contribution in [0.2, 0.25) is 0 Å². The highest BCUT2D eigenvalue weighted by molar-refractivity contribution is 5.74. The van der Waals surface area contributed by atoms with E-state index < -0.39 is 11.4 Å². The zero-order valence-corrected chi connectivity index (χ0v) is 26.1.